The highest BCUT2D eigenvalue weighted by molar-refractivity contribution is 6.42. The lowest BCUT2D eigenvalue weighted by molar-refractivity contribution is -0.130. The van der Waals surface area contributed by atoms with Crippen molar-refractivity contribution in [2.24, 2.45) is 11.7 Å². The number of rotatable bonds is 5. The van der Waals surface area contributed by atoms with Gasteiger partial charge in [-0.15, -0.1) is 12.4 Å². The van der Waals surface area contributed by atoms with Gasteiger partial charge in [0.2, 0.25) is 5.91 Å². The van der Waals surface area contributed by atoms with Crippen LogP contribution in [0.25, 0.3) is 0 Å². The molecule has 2 saturated carbocycles. The van der Waals surface area contributed by atoms with Gasteiger partial charge in [-0.2, -0.15) is 0 Å². The first-order chi connectivity index (χ1) is 10.0. The Bertz CT molecular complexity index is 556. The summed E-state index contributed by atoms with van der Waals surface area (Å²) >= 11 is 12.1. The summed E-state index contributed by atoms with van der Waals surface area (Å²) in [6, 6.07) is 5.58. The zero-order chi connectivity index (χ0) is 15.0. The highest BCUT2D eigenvalue weighted by Gasteiger charge is 2.46. The zero-order valence-electron chi connectivity index (χ0n) is 12.3. The molecule has 0 saturated heterocycles. The summed E-state index contributed by atoms with van der Waals surface area (Å²) in [5.74, 6) is 0.663. The number of benzene rings is 1. The van der Waals surface area contributed by atoms with Crippen LogP contribution in [0.3, 0.4) is 0 Å². The Hall–Kier alpha value is -0.480. The lowest BCUT2D eigenvalue weighted by Gasteiger charge is -2.41. The average molecular weight is 364 g/mol. The van der Waals surface area contributed by atoms with Crippen molar-refractivity contribution in [1.29, 1.82) is 0 Å². The summed E-state index contributed by atoms with van der Waals surface area (Å²) in [5.41, 5.74) is 6.57. The van der Waals surface area contributed by atoms with Gasteiger partial charge in [0.05, 0.1) is 15.5 Å². The third-order valence-electron chi connectivity index (χ3n) is 4.84. The number of nitrogens with one attached hydrogen (secondary N) is 1. The number of amides is 1. The van der Waals surface area contributed by atoms with Crippen LogP contribution in [0, 0.1) is 5.92 Å². The van der Waals surface area contributed by atoms with Gasteiger partial charge in [-0.1, -0.05) is 35.7 Å². The van der Waals surface area contributed by atoms with Crippen molar-refractivity contribution in [2.45, 2.75) is 43.6 Å². The molecular weight excluding hydrogens is 343 g/mol. The van der Waals surface area contributed by atoms with Gasteiger partial charge in [-0.05, 0) is 49.3 Å². The van der Waals surface area contributed by atoms with E-state index in [1.165, 1.54) is 12.8 Å². The Morgan fingerprint density at radius 2 is 2.00 bits per heavy atom. The molecule has 2 fully saturated rings. The van der Waals surface area contributed by atoms with Crippen LogP contribution in [0.4, 0.5) is 0 Å². The number of hydrogen-bond donors (Lipinski definition) is 2. The number of halogens is 3. The van der Waals surface area contributed by atoms with E-state index in [1.807, 2.05) is 12.1 Å². The molecule has 1 atom stereocenters. The second-order valence-electron chi connectivity index (χ2n) is 6.28. The van der Waals surface area contributed by atoms with Crippen molar-refractivity contribution in [2.75, 3.05) is 6.54 Å². The van der Waals surface area contributed by atoms with Crippen molar-refractivity contribution in [3.05, 3.63) is 33.8 Å². The van der Waals surface area contributed by atoms with Crippen molar-refractivity contribution in [3.63, 3.8) is 0 Å². The molecule has 3 N–H and O–H groups in total. The summed E-state index contributed by atoms with van der Waals surface area (Å²) in [6.45, 7) is 0.562. The summed E-state index contributed by atoms with van der Waals surface area (Å²) in [4.78, 5) is 12.6. The lowest BCUT2D eigenvalue weighted by atomic mass is 9.64. The second-order valence-corrected chi connectivity index (χ2v) is 7.09. The first kappa shape index (κ1) is 17.9. The maximum absolute atomic E-state index is 12.6. The van der Waals surface area contributed by atoms with Gasteiger partial charge in [-0.25, -0.2) is 0 Å². The maximum Gasteiger partial charge on any atom is 0.230 e. The quantitative estimate of drug-likeness (QED) is 0.838. The van der Waals surface area contributed by atoms with Gasteiger partial charge >= 0.3 is 0 Å². The van der Waals surface area contributed by atoms with Crippen molar-refractivity contribution < 1.29 is 4.79 Å². The zero-order valence-corrected chi connectivity index (χ0v) is 14.6. The molecule has 0 radical (unpaired) electrons. The molecular formula is C16H21Cl3N2O. The normalized spacial score (nSPS) is 20.5. The van der Waals surface area contributed by atoms with Crippen LogP contribution in [0.5, 0.6) is 0 Å². The van der Waals surface area contributed by atoms with E-state index in [0.717, 1.165) is 24.8 Å². The highest BCUT2D eigenvalue weighted by Crippen LogP contribution is 2.45. The van der Waals surface area contributed by atoms with Crippen LogP contribution in [0.15, 0.2) is 18.2 Å². The summed E-state index contributed by atoms with van der Waals surface area (Å²) in [7, 11) is 0. The smallest absolute Gasteiger partial charge is 0.230 e. The molecule has 1 aromatic carbocycles. The van der Waals surface area contributed by atoms with Gasteiger partial charge < -0.3 is 11.1 Å². The van der Waals surface area contributed by atoms with Gasteiger partial charge in [0.25, 0.3) is 0 Å². The number of carbonyl (C=O) groups is 1. The molecule has 0 aromatic heterocycles. The van der Waals surface area contributed by atoms with Crippen molar-refractivity contribution in [3.8, 4) is 0 Å². The monoisotopic (exact) mass is 362 g/mol. The maximum atomic E-state index is 12.6. The molecule has 3 rings (SSSR count). The van der Waals surface area contributed by atoms with Crippen LogP contribution >= 0.6 is 35.6 Å². The molecule has 0 heterocycles. The lowest BCUT2D eigenvalue weighted by Crippen LogP contribution is -2.51. The number of carbonyl (C=O) groups excluding carboxylic acids is 1. The summed E-state index contributed by atoms with van der Waals surface area (Å²) in [5, 5.41) is 4.06. The van der Waals surface area contributed by atoms with E-state index < -0.39 is 5.41 Å². The fourth-order valence-electron chi connectivity index (χ4n) is 3.04. The van der Waals surface area contributed by atoms with E-state index in [1.54, 1.807) is 6.07 Å². The summed E-state index contributed by atoms with van der Waals surface area (Å²) < 4.78 is 0. The minimum absolute atomic E-state index is 0. The first-order valence-electron chi connectivity index (χ1n) is 7.52. The Balaban J connectivity index is 0.00000176. The van der Waals surface area contributed by atoms with Crippen LogP contribution in [-0.4, -0.2) is 18.5 Å². The molecule has 3 nitrogen and oxygen atoms in total. The second kappa shape index (κ2) is 6.96. The van der Waals surface area contributed by atoms with E-state index in [-0.39, 0.29) is 24.4 Å². The largest absolute Gasteiger partial charge is 0.354 e. The predicted molar refractivity (Wildman–Crippen MR) is 92.9 cm³/mol. The standard InChI is InChI=1S/C16H20Cl2N2O.ClH/c17-12-5-4-11(8-13(12)18)16(6-1-7-16)15(21)20-9-14(19)10-2-3-10;/h4-5,8,10,14H,1-3,6-7,9,19H2,(H,20,21);1H. The van der Waals surface area contributed by atoms with E-state index in [9.17, 15) is 4.79 Å². The minimum Gasteiger partial charge on any atom is -0.354 e. The Kier molecular flexibility index (Phi) is 5.65. The van der Waals surface area contributed by atoms with E-state index in [2.05, 4.69) is 5.32 Å². The van der Waals surface area contributed by atoms with E-state index in [0.29, 0.717) is 22.5 Å². The third kappa shape index (κ3) is 3.38. The molecule has 2 aliphatic carbocycles. The predicted octanol–water partition coefficient (Wildman–Crippen LogP) is 3.69. The molecule has 22 heavy (non-hydrogen) atoms. The van der Waals surface area contributed by atoms with Gasteiger partial charge in [0.1, 0.15) is 0 Å². The van der Waals surface area contributed by atoms with E-state index >= 15 is 0 Å². The SMILES string of the molecule is Cl.NC(CNC(=O)C1(c2ccc(Cl)c(Cl)c2)CCC1)C1CC1. The van der Waals surface area contributed by atoms with E-state index in [4.69, 9.17) is 28.9 Å². The first-order valence-corrected chi connectivity index (χ1v) is 8.28. The van der Waals surface area contributed by atoms with Crippen LogP contribution < -0.4 is 11.1 Å². The fraction of sp³-hybridized carbons (Fsp3) is 0.562. The molecule has 1 amide bonds. The van der Waals surface area contributed by atoms with Crippen molar-refractivity contribution >= 4 is 41.5 Å². The third-order valence-corrected chi connectivity index (χ3v) is 5.58. The van der Waals surface area contributed by atoms with Crippen LogP contribution in [0.2, 0.25) is 10.0 Å². The fourth-order valence-corrected chi connectivity index (χ4v) is 3.34. The molecule has 0 bridgehead atoms. The number of nitrogens with two attached hydrogens (primary N) is 1. The topological polar surface area (TPSA) is 55.1 Å². The number of hydrogen-bond acceptors (Lipinski definition) is 2. The molecule has 0 aliphatic heterocycles. The van der Waals surface area contributed by atoms with Gasteiger partial charge in [0.15, 0.2) is 0 Å². The Morgan fingerprint density at radius 1 is 1.32 bits per heavy atom. The summed E-state index contributed by atoms with van der Waals surface area (Å²) in [6.07, 6.45) is 5.15. The van der Waals surface area contributed by atoms with Crippen LogP contribution in [0.1, 0.15) is 37.7 Å². The molecule has 122 valence electrons. The van der Waals surface area contributed by atoms with Crippen LogP contribution in [-0.2, 0) is 10.2 Å². The molecule has 6 heteroatoms. The van der Waals surface area contributed by atoms with Gasteiger partial charge in [-0.3, -0.25) is 4.79 Å². The minimum atomic E-state index is -0.447. The van der Waals surface area contributed by atoms with Crippen molar-refractivity contribution in [1.82, 2.24) is 5.32 Å². The highest BCUT2D eigenvalue weighted by atomic mass is 35.5. The molecule has 1 unspecified atom stereocenters. The molecule has 0 spiro atoms. The Morgan fingerprint density at radius 3 is 2.50 bits per heavy atom. The average Bonchev–Trinajstić information content (AvgIpc) is 3.23. The molecule has 1 aromatic rings. The molecule has 2 aliphatic rings. The Labute approximate surface area is 147 Å². The van der Waals surface area contributed by atoms with Gasteiger partial charge in [0, 0.05) is 12.6 Å².